The topological polar surface area (TPSA) is 77.0 Å². The highest BCUT2D eigenvalue weighted by Crippen LogP contribution is 2.09. The molecule has 0 radical (unpaired) electrons. The van der Waals surface area contributed by atoms with Crippen LogP contribution in [0.15, 0.2) is 29.3 Å². The summed E-state index contributed by atoms with van der Waals surface area (Å²) in [6, 6.07) is 7.70. The number of benzene rings is 1. The van der Waals surface area contributed by atoms with Crippen molar-refractivity contribution >= 4 is 41.8 Å². The molecule has 2 amide bonds. The molecule has 0 saturated carbocycles. The van der Waals surface area contributed by atoms with Gasteiger partial charge < -0.3 is 20.4 Å². The van der Waals surface area contributed by atoms with Crippen molar-refractivity contribution in [3.8, 4) is 0 Å². The smallest absolute Gasteiger partial charge is 0.253 e. The van der Waals surface area contributed by atoms with E-state index in [9.17, 15) is 9.59 Å². The highest BCUT2D eigenvalue weighted by molar-refractivity contribution is 14.0. The molecule has 0 unspecified atom stereocenters. The fourth-order valence-electron chi connectivity index (χ4n) is 3.17. The van der Waals surface area contributed by atoms with Gasteiger partial charge in [0.15, 0.2) is 5.96 Å². The lowest BCUT2D eigenvalue weighted by Gasteiger charge is -2.15. The molecule has 1 aliphatic rings. The molecule has 2 rings (SSSR count). The van der Waals surface area contributed by atoms with Crippen molar-refractivity contribution in [2.45, 2.75) is 32.6 Å². The Kier molecular flexibility index (Phi) is 11.6. The molecule has 1 aliphatic heterocycles. The molecule has 162 valence electrons. The van der Waals surface area contributed by atoms with E-state index in [-0.39, 0.29) is 35.8 Å². The SMILES string of the molecule is CCNC(=NCCC(=O)N1CCCC1)NCCc1cccc(C(=O)N(C)C)c1.I. The van der Waals surface area contributed by atoms with Crippen molar-refractivity contribution in [1.82, 2.24) is 20.4 Å². The van der Waals surface area contributed by atoms with E-state index in [1.54, 1.807) is 19.0 Å². The van der Waals surface area contributed by atoms with Crippen LogP contribution in [0.4, 0.5) is 0 Å². The fourth-order valence-corrected chi connectivity index (χ4v) is 3.17. The quantitative estimate of drug-likeness (QED) is 0.316. The van der Waals surface area contributed by atoms with Gasteiger partial charge in [0.25, 0.3) is 5.91 Å². The molecule has 1 aromatic rings. The van der Waals surface area contributed by atoms with Crippen LogP contribution < -0.4 is 10.6 Å². The van der Waals surface area contributed by atoms with Gasteiger partial charge in [0.2, 0.25) is 5.91 Å². The highest BCUT2D eigenvalue weighted by Gasteiger charge is 2.17. The second-order valence-corrected chi connectivity index (χ2v) is 7.18. The van der Waals surface area contributed by atoms with Crippen LogP contribution in [0.3, 0.4) is 0 Å². The average molecular weight is 515 g/mol. The number of nitrogens with one attached hydrogen (secondary N) is 2. The number of halogens is 1. The van der Waals surface area contributed by atoms with E-state index in [1.165, 1.54) is 0 Å². The largest absolute Gasteiger partial charge is 0.357 e. The minimum atomic E-state index is 0. The maximum absolute atomic E-state index is 12.1. The van der Waals surface area contributed by atoms with Gasteiger partial charge in [-0.25, -0.2) is 0 Å². The van der Waals surface area contributed by atoms with Crippen molar-refractivity contribution in [2.24, 2.45) is 4.99 Å². The summed E-state index contributed by atoms with van der Waals surface area (Å²) in [5.74, 6) is 0.920. The van der Waals surface area contributed by atoms with Crippen molar-refractivity contribution < 1.29 is 9.59 Å². The second kappa shape index (κ2) is 13.4. The zero-order valence-electron chi connectivity index (χ0n) is 17.7. The number of rotatable bonds is 8. The van der Waals surface area contributed by atoms with Crippen molar-refractivity contribution in [3.05, 3.63) is 35.4 Å². The van der Waals surface area contributed by atoms with E-state index in [0.29, 0.717) is 25.1 Å². The lowest BCUT2D eigenvalue weighted by molar-refractivity contribution is -0.129. The van der Waals surface area contributed by atoms with E-state index in [0.717, 1.165) is 50.4 Å². The van der Waals surface area contributed by atoms with Crippen LogP contribution in [-0.4, -0.2) is 74.4 Å². The van der Waals surface area contributed by atoms with Gasteiger partial charge in [0, 0.05) is 52.3 Å². The van der Waals surface area contributed by atoms with E-state index >= 15 is 0 Å². The maximum Gasteiger partial charge on any atom is 0.253 e. The summed E-state index contributed by atoms with van der Waals surface area (Å²) in [5, 5.41) is 6.51. The Morgan fingerprint density at radius 2 is 1.90 bits per heavy atom. The number of likely N-dealkylation sites (tertiary alicyclic amines) is 1. The van der Waals surface area contributed by atoms with Gasteiger partial charge in [0.05, 0.1) is 6.54 Å². The Hall–Kier alpha value is -1.84. The third-order valence-corrected chi connectivity index (χ3v) is 4.68. The molecule has 29 heavy (non-hydrogen) atoms. The van der Waals surface area contributed by atoms with Crippen molar-refractivity contribution in [3.63, 3.8) is 0 Å². The molecule has 7 nitrogen and oxygen atoms in total. The van der Waals surface area contributed by atoms with Gasteiger partial charge >= 0.3 is 0 Å². The van der Waals surface area contributed by atoms with E-state index in [4.69, 9.17) is 0 Å². The monoisotopic (exact) mass is 515 g/mol. The zero-order valence-corrected chi connectivity index (χ0v) is 20.1. The van der Waals surface area contributed by atoms with Gasteiger partial charge in [-0.1, -0.05) is 12.1 Å². The summed E-state index contributed by atoms with van der Waals surface area (Å²) < 4.78 is 0. The van der Waals surface area contributed by atoms with Crippen LogP contribution in [0.5, 0.6) is 0 Å². The Balaban J connectivity index is 0.00000420. The van der Waals surface area contributed by atoms with E-state index in [2.05, 4.69) is 15.6 Å². The molecule has 0 atom stereocenters. The van der Waals surface area contributed by atoms with E-state index < -0.39 is 0 Å². The number of amides is 2. The minimum Gasteiger partial charge on any atom is -0.357 e. The summed E-state index contributed by atoms with van der Waals surface area (Å²) in [6.07, 6.45) is 3.46. The van der Waals surface area contributed by atoms with Gasteiger partial charge in [-0.15, -0.1) is 24.0 Å². The van der Waals surface area contributed by atoms with Crippen LogP contribution in [0.2, 0.25) is 0 Å². The molecule has 1 heterocycles. The van der Waals surface area contributed by atoms with Gasteiger partial charge in [-0.05, 0) is 43.9 Å². The Morgan fingerprint density at radius 3 is 2.55 bits per heavy atom. The first kappa shape index (κ1) is 25.2. The predicted octanol–water partition coefficient (Wildman–Crippen LogP) is 2.12. The molecular formula is C21H34IN5O2. The standard InChI is InChI=1S/C21H33N5O2.HI/c1-4-22-21(24-13-11-19(27)26-14-5-6-15-26)23-12-10-17-8-7-9-18(16-17)20(28)25(2)3;/h7-9,16H,4-6,10-15H2,1-3H3,(H2,22,23,24);1H. The number of carbonyl (C=O) groups is 2. The lowest BCUT2D eigenvalue weighted by atomic mass is 10.1. The summed E-state index contributed by atoms with van der Waals surface area (Å²) in [4.78, 5) is 32.2. The normalized spacial score (nSPS) is 13.6. The number of aliphatic imine (C=N–C) groups is 1. The number of carbonyl (C=O) groups excluding carboxylic acids is 2. The molecule has 0 spiro atoms. The molecule has 1 saturated heterocycles. The Morgan fingerprint density at radius 1 is 1.17 bits per heavy atom. The summed E-state index contributed by atoms with van der Waals surface area (Å²) in [6.45, 7) is 5.73. The fraction of sp³-hybridized carbons (Fsp3) is 0.571. The van der Waals surface area contributed by atoms with Gasteiger partial charge in [0.1, 0.15) is 0 Å². The Bertz CT molecular complexity index is 687. The summed E-state index contributed by atoms with van der Waals surface area (Å²) in [5.41, 5.74) is 1.80. The van der Waals surface area contributed by atoms with Crippen LogP contribution in [0.25, 0.3) is 0 Å². The van der Waals surface area contributed by atoms with Crippen molar-refractivity contribution in [2.75, 3.05) is 46.8 Å². The second-order valence-electron chi connectivity index (χ2n) is 7.18. The van der Waals surface area contributed by atoms with Crippen LogP contribution in [-0.2, 0) is 11.2 Å². The molecular weight excluding hydrogens is 481 g/mol. The predicted molar refractivity (Wildman–Crippen MR) is 128 cm³/mol. The van der Waals surface area contributed by atoms with Gasteiger partial charge in [-0.3, -0.25) is 14.6 Å². The third kappa shape index (κ3) is 8.59. The van der Waals surface area contributed by atoms with Gasteiger partial charge in [-0.2, -0.15) is 0 Å². The number of hydrogen-bond acceptors (Lipinski definition) is 3. The number of nitrogens with zero attached hydrogens (tertiary/aromatic N) is 3. The molecule has 1 aromatic carbocycles. The zero-order chi connectivity index (χ0) is 20.4. The summed E-state index contributed by atoms with van der Waals surface area (Å²) in [7, 11) is 3.51. The first-order valence-electron chi connectivity index (χ1n) is 10.1. The number of guanidine groups is 1. The first-order valence-corrected chi connectivity index (χ1v) is 10.1. The summed E-state index contributed by atoms with van der Waals surface area (Å²) >= 11 is 0. The lowest BCUT2D eigenvalue weighted by Crippen LogP contribution is -2.38. The van der Waals surface area contributed by atoms with Crippen LogP contribution >= 0.6 is 24.0 Å². The Labute approximate surface area is 191 Å². The minimum absolute atomic E-state index is 0. The molecule has 8 heteroatoms. The average Bonchev–Trinajstić information content (AvgIpc) is 3.22. The molecule has 0 bridgehead atoms. The highest BCUT2D eigenvalue weighted by atomic mass is 127. The van der Waals surface area contributed by atoms with Crippen LogP contribution in [0.1, 0.15) is 42.1 Å². The number of hydrogen-bond donors (Lipinski definition) is 2. The molecule has 0 aliphatic carbocycles. The van der Waals surface area contributed by atoms with E-state index in [1.807, 2.05) is 36.1 Å². The first-order chi connectivity index (χ1) is 13.5. The van der Waals surface area contributed by atoms with Crippen molar-refractivity contribution in [1.29, 1.82) is 0 Å². The molecule has 1 fully saturated rings. The van der Waals surface area contributed by atoms with Crippen LogP contribution in [0, 0.1) is 0 Å². The molecule has 2 N–H and O–H groups in total. The maximum atomic E-state index is 12.1. The third-order valence-electron chi connectivity index (χ3n) is 4.68. The molecule has 0 aromatic heterocycles.